The molecular weight excluding hydrogens is 136 g/mol. The summed E-state index contributed by atoms with van der Waals surface area (Å²) in [5.74, 6) is 3.33. The van der Waals surface area contributed by atoms with E-state index in [9.17, 15) is 5.11 Å². The van der Waals surface area contributed by atoms with E-state index in [-0.39, 0.29) is 11.5 Å². The van der Waals surface area contributed by atoms with Crippen molar-refractivity contribution in [2.45, 2.75) is 38.2 Å². The van der Waals surface area contributed by atoms with Crippen LogP contribution >= 0.6 is 0 Å². The maximum Gasteiger partial charge on any atom is 0.0583 e. The van der Waals surface area contributed by atoms with Crippen molar-refractivity contribution in [3.63, 3.8) is 0 Å². The summed E-state index contributed by atoms with van der Waals surface area (Å²) in [6, 6.07) is 0. The lowest BCUT2D eigenvalue weighted by Gasteiger charge is -2.23. The van der Waals surface area contributed by atoms with E-state index in [4.69, 9.17) is 6.42 Å². The average Bonchev–Trinajstić information content (AvgIpc) is 2.53. The second-order valence-corrected chi connectivity index (χ2v) is 3.91. The molecule has 0 heterocycles. The van der Waals surface area contributed by atoms with Crippen molar-refractivity contribution in [3.05, 3.63) is 0 Å². The average molecular weight is 150 g/mol. The summed E-state index contributed by atoms with van der Waals surface area (Å²) in [5.41, 5.74) is 0.0966. The van der Waals surface area contributed by atoms with Gasteiger partial charge >= 0.3 is 0 Å². The molecule has 2 aliphatic carbocycles. The monoisotopic (exact) mass is 150 g/mol. The second-order valence-electron chi connectivity index (χ2n) is 3.91. The largest absolute Gasteiger partial charge is 0.393 e. The van der Waals surface area contributed by atoms with Gasteiger partial charge in [-0.3, -0.25) is 0 Å². The van der Waals surface area contributed by atoms with Crippen LogP contribution in [0.25, 0.3) is 0 Å². The van der Waals surface area contributed by atoms with Gasteiger partial charge in [0.05, 0.1) is 6.10 Å². The SMILES string of the molecule is C#C[C@@]12CCC[C@@H]1[C@@H](O)CC2. The van der Waals surface area contributed by atoms with Crippen molar-refractivity contribution in [2.75, 3.05) is 0 Å². The van der Waals surface area contributed by atoms with Crippen LogP contribution in [-0.4, -0.2) is 11.2 Å². The lowest BCUT2D eigenvalue weighted by atomic mass is 9.81. The highest BCUT2D eigenvalue weighted by atomic mass is 16.3. The van der Waals surface area contributed by atoms with Crippen molar-refractivity contribution in [2.24, 2.45) is 11.3 Å². The van der Waals surface area contributed by atoms with Gasteiger partial charge in [0.1, 0.15) is 0 Å². The topological polar surface area (TPSA) is 20.2 Å². The van der Waals surface area contributed by atoms with E-state index in [0.717, 1.165) is 25.7 Å². The standard InChI is InChI=1S/C10H14O/c1-2-10-6-3-4-8(10)9(11)5-7-10/h1,8-9,11H,3-7H2/t8-,9+,10+/m1/s1. The molecule has 1 N–H and O–H groups in total. The summed E-state index contributed by atoms with van der Waals surface area (Å²) in [5, 5.41) is 9.60. The molecule has 2 fully saturated rings. The third kappa shape index (κ3) is 0.827. The van der Waals surface area contributed by atoms with Crippen molar-refractivity contribution in [3.8, 4) is 12.3 Å². The first-order valence-corrected chi connectivity index (χ1v) is 4.44. The highest BCUT2D eigenvalue weighted by Crippen LogP contribution is 2.53. The Morgan fingerprint density at radius 3 is 2.82 bits per heavy atom. The molecule has 2 saturated carbocycles. The third-order valence-corrected chi connectivity index (χ3v) is 3.49. The van der Waals surface area contributed by atoms with E-state index in [1.807, 2.05) is 0 Å². The van der Waals surface area contributed by atoms with Crippen LogP contribution in [0.2, 0.25) is 0 Å². The van der Waals surface area contributed by atoms with Crippen LogP contribution in [0.4, 0.5) is 0 Å². The summed E-state index contributed by atoms with van der Waals surface area (Å²) >= 11 is 0. The fourth-order valence-electron chi connectivity index (χ4n) is 2.83. The molecule has 3 atom stereocenters. The molecule has 11 heavy (non-hydrogen) atoms. The van der Waals surface area contributed by atoms with Gasteiger partial charge in [0.15, 0.2) is 0 Å². The molecular formula is C10H14O. The molecule has 1 heteroatoms. The fourth-order valence-corrected chi connectivity index (χ4v) is 2.83. The first-order valence-electron chi connectivity index (χ1n) is 4.44. The zero-order valence-corrected chi connectivity index (χ0v) is 6.71. The first-order chi connectivity index (χ1) is 5.28. The molecule has 0 saturated heterocycles. The molecule has 0 aromatic rings. The van der Waals surface area contributed by atoms with Crippen LogP contribution in [-0.2, 0) is 0 Å². The van der Waals surface area contributed by atoms with Gasteiger partial charge in [-0.25, -0.2) is 0 Å². The van der Waals surface area contributed by atoms with Gasteiger partial charge in [-0.15, -0.1) is 6.42 Å². The van der Waals surface area contributed by atoms with Gasteiger partial charge in [-0.2, -0.15) is 0 Å². The van der Waals surface area contributed by atoms with Crippen LogP contribution < -0.4 is 0 Å². The predicted octanol–water partition coefficient (Wildman–Crippen LogP) is 1.56. The van der Waals surface area contributed by atoms with Crippen LogP contribution in [0, 0.1) is 23.7 Å². The summed E-state index contributed by atoms with van der Waals surface area (Å²) in [4.78, 5) is 0. The number of fused-ring (bicyclic) bond motifs is 1. The molecule has 2 aliphatic rings. The molecule has 1 nitrogen and oxygen atoms in total. The van der Waals surface area contributed by atoms with E-state index in [0.29, 0.717) is 5.92 Å². The Balaban J connectivity index is 2.27. The molecule has 0 aliphatic heterocycles. The first kappa shape index (κ1) is 7.18. The maximum absolute atomic E-state index is 9.60. The van der Waals surface area contributed by atoms with Gasteiger partial charge in [-0.1, -0.05) is 12.3 Å². The second kappa shape index (κ2) is 2.25. The highest BCUT2D eigenvalue weighted by molar-refractivity contribution is 5.16. The van der Waals surface area contributed by atoms with Crippen molar-refractivity contribution >= 4 is 0 Å². The molecule has 0 aromatic carbocycles. The minimum atomic E-state index is -0.103. The highest BCUT2D eigenvalue weighted by Gasteiger charge is 2.49. The summed E-state index contributed by atoms with van der Waals surface area (Å²) in [6.07, 6.45) is 10.9. The van der Waals surface area contributed by atoms with E-state index in [2.05, 4.69) is 5.92 Å². The number of hydrogen-bond donors (Lipinski definition) is 1. The van der Waals surface area contributed by atoms with Gasteiger partial charge in [0.25, 0.3) is 0 Å². The molecule has 0 amide bonds. The predicted molar refractivity (Wildman–Crippen MR) is 43.8 cm³/mol. The fraction of sp³-hybridized carbons (Fsp3) is 0.800. The Morgan fingerprint density at radius 1 is 1.36 bits per heavy atom. The Kier molecular flexibility index (Phi) is 1.47. The Morgan fingerprint density at radius 2 is 2.18 bits per heavy atom. The third-order valence-electron chi connectivity index (χ3n) is 3.49. The molecule has 60 valence electrons. The zero-order chi connectivity index (χ0) is 7.90. The zero-order valence-electron chi connectivity index (χ0n) is 6.71. The van der Waals surface area contributed by atoms with Gasteiger partial charge in [-0.05, 0) is 25.7 Å². The van der Waals surface area contributed by atoms with E-state index in [1.54, 1.807) is 0 Å². The smallest absolute Gasteiger partial charge is 0.0583 e. The van der Waals surface area contributed by atoms with Crippen LogP contribution in [0.1, 0.15) is 32.1 Å². The lowest BCUT2D eigenvalue weighted by Crippen LogP contribution is -2.23. The molecule has 2 rings (SSSR count). The number of rotatable bonds is 0. The molecule has 0 radical (unpaired) electrons. The molecule has 0 aromatic heterocycles. The Hall–Kier alpha value is -0.480. The molecule has 0 bridgehead atoms. The van der Waals surface area contributed by atoms with Crippen LogP contribution in [0.5, 0.6) is 0 Å². The summed E-state index contributed by atoms with van der Waals surface area (Å²) < 4.78 is 0. The van der Waals surface area contributed by atoms with Crippen LogP contribution in [0.15, 0.2) is 0 Å². The summed E-state index contributed by atoms with van der Waals surface area (Å²) in [6.45, 7) is 0. The Labute approximate surface area is 67.8 Å². The van der Waals surface area contributed by atoms with E-state index < -0.39 is 0 Å². The van der Waals surface area contributed by atoms with Crippen molar-refractivity contribution < 1.29 is 5.11 Å². The Bertz CT molecular complexity index is 203. The van der Waals surface area contributed by atoms with E-state index >= 15 is 0 Å². The minimum Gasteiger partial charge on any atom is -0.393 e. The minimum absolute atomic E-state index is 0.0966. The molecule has 0 spiro atoms. The van der Waals surface area contributed by atoms with Crippen molar-refractivity contribution in [1.29, 1.82) is 0 Å². The number of aliphatic hydroxyl groups is 1. The number of terminal acetylenes is 1. The van der Waals surface area contributed by atoms with Gasteiger partial charge in [0, 0.05) is 11.3 Å². The normalized spacial score (nSPS) is 48.7. The number of hydrogen-bond acceptors (Lipinski definition) is 1. The summed E-state index contributed by atoms with van der Waals surface area (Å²) in [7, 11) is 0. The number of aliphatic hydroxyl groups excluding tert-OH is 1. The van der Waals surface area contributed by atoms with Gasteiger partial charge < -0.3 is 5.11 Å². The van der Waals surface area contributed by atoms with Gasteiger partial charge in [0.2, 0.25) is 0 Å². The molecule has 0 unspecified atom stereocenters. The quantitative estimate of drug-likeness (QED) is 0.519. The van der Waals surface area contributed by atoms with Crippen LogP contribution in [0.3, 0.4) is 0 Å². The maximum atomic E-state index is 9.60. The lowest BCUT2D eigenvalue weighted by molar-refractivity contribution is 0.115. The van der Waals surface area contributed by atoms with E-state index in [1.165, 1.54) is 6.42 Å². The van der Waals surface area contributed by atoms with Crippen molar-refractivity contribution in [1.82, 2.24) is 0 Å².